The van der Waals surface area contributed by atoms with Crippen molar-refractivity contribution in [2.45, 2.75) is 140 Å². The van der Waals surface area contributed by atoms with E-state index in [-0.39, 0.29) is 0 Å². The summed E-state index contributed by atoms with van der Waals surface area (Å²) in [7, 11) is 0.207. The first-order valence-corrected chi connectivity index (χ1v) is 18.1. The van der Waals surface area contributed by atoms with Gasteiger partial charge in [-0.05, 0) is 0 Å². The topological polar surface area (TPSA) is 27.1 Å². The Hall–Kier alpha value is 0.0256. The van der Waals surface area contributed by atoms with Crippen LogP contribution < -0.4 is 8.14 Å². The van der Waals surface area contributed by atoms with Crippen molar-refractivity contribution in [3.63, 3.8) is 0 Å². The molecule has 0 unspecified atom stereocenters. The minimum absolute atomic E-state index is 0.579. The molecule has 1 heterocycles. The molecule has 1 aromatic heterocycles. The van der Waals surface area contributed by atoms with Crippen LogP contribution in [0.3, 0.4) is 0 Å². The molecule has 0 aliphatic rings. The van der Waals surface area contributed by atoms with Gasteiger partial charge in [-0.3, -0.25) is 0 Å². The van der Waals surface area contributed by atoms with Crippen LogP contribution in [0.25, 0.3) is 0 Å². The third-order valence-corrected chi connectivity index (χ3v) is 19.0. The van der Waals surface area contributed by atoms with Gasteiger partial charge in [-0.15, -0.1) is 0 Å². The van der Waals surface area contributed by atoms with Crippen LogP contribution in [-0.2, 0) is 7.05 Å². The van der Waals surface area contributed by atoms with E-state index < -0.39 is 29.5 Å². The van der Waals surface area contributed by atoms with Gasteiger partial charge in [0.25, 0.3) is 0 Å². The van der Waals surface area contributed by atoms with Gasteiger partial charge in [-0.2, -0.15) is 0 Å². The second kappa shape index (κ2) is 13.7. The van der Waals surface area contributed by atoms with Gasteiger partial charge in [0, 0.05) is 0 Å². The summed E-state index contributed by atoms with van der Waals surface area (Å²) in [5, 5.41) is 4.94. The summed E-state index contributed by atoms with van der Waals surface area (Å²) in [5.41, 5.74) is 1.74. The molecular weight excluding hydrogens is 503 g/mol. The molecule has 0 atom stereocenters. The van der Waals surface area contributed by atoms with Gasteiger partial charge in [0.2, 0.25) is 0 Å². The maximum absolute atomic E-state index is 6.94. The Kier molecular flexibility index (Phi) is 12.8. The molecule has 0 saturated carbocycles. The van der Waals surface area contributed by atoms with Crippen molar-refractivity contribution in [1.29, 1.82) is 0 Å². The van der Waals surface area contributed by atoms with E-state index in [2.05, 4.69) is 80.1 Å². The van der Waals surface area contributed by atoms with Crippen LogP contribution in [0.1, 0.15) is 120 Å². The maximum atomic E-state index is 6.94. The van der Waals surface area contributed by atoms with Gasteiger partial charge >= 0.3 is 207 Å². The fraction of sp³-hybridized carbons (Fsp3) is 0.885. The number of rotatable bonds is 16. The minimum atomic E-state index is -1.96. The Labute approximate surface area is 205 Å². The van der Waals surface area contributed by atoms with Crippen molar-refractivity contribution in [3.8, 4) is 5.88 Å². The first kappa shape index (κ1) is 29.1. The molecule has 0 N–H and O–H groups in total. The number of hydrogen-bond acceptors (Lipinski definition) is 2. The molecule has 0 aliphatic heterocycles. The molecule has 31 heavy (non-hydrogen) atoms. The predicted molar refractivity (Wildman–Crippen MR) is 142 cm³/mol. The summed E-state index contributed by atoms with van der Waals surface area (Å²) in [4.78, 5) is 0. The van der Waals surface area contributed by atoms with Crippen molar-refractivity contribution in [2.75, 3.05) is 0 Å². The van der Waals surface area contributed by atoms with Crippen molar-refractivity contribution < 1.29 is 4.43 Å². The summed E-state index contributed by atoms with van der Waals surface area (Å²) in [6.07, 6.45) is 12.3. The Morgan fingerprint density at radius 2 is 1.29 bits per heavy atom. The molecular formula is C26H52N2OSiSn. The monoisotopic (exact) mass is 556 g/mol. The quantitative estimate of drug-likeness (QED) is 0.193. The van der Waals surface area contributed by atoms with E-state index in [0.29, 0.717) is 20.1 Å². The fourth-order valence-electron chi connectivity index (χ4n) is 5.52. The van der Waals surface area contributed by atoms with E-state index in [1.54, 1.807) is 0 Å². The molecule has 180 valence electrons. The number of aryl methyl sites for hydroxylation is 1. The molecule has 0 aromatic carbocycles. The predicted octanol–water partition coefficient (Wildman–Crippen LogP) is 8.03. The molecule has 0 saturated heterocycles. The number of aromatic nitrogens is 2. The third-order valence-electron chi connectivity index (χ3n) is 7.27. The first-order valence-electron chi connectivity index (χ1n) is 13.1. The fourth-order valence-corrected chi connectivity index (χ4v) is 16.0. The molecule has 0 amide bonds. The molecule has 0 fully saturated rings. The number of nitrogens with zero attached hydrogens (tertiary/aromatic N) is 2. The van der Waals surface area contributed by atoms with Gasteiger partial charge in [0.1, 0.15) is 0 Å². The van der Waals surface area contributed by atoms with Crippen molar-refractivity contribution in [1.82, 2.24) is 9.78 Å². The Bertz CT molecular complexity index is 583. The summed E-state index contributed by atoms with van der Waals surface area (Å²) < 4.78 is 11.2. The van der Waals surface area contributed by atoms with Crippen LogP contribution in [0.5, 0.6) is 5.88 Å². The van der Waals surface area contributed by atoms with Gasteiger partial charge < -0.3 is 0 Å². The molecule has 0 aliphatic carbocycles. The SMILES string of the molecule is CCCC[C](CCCC)(CCCC)[Sn][c]1cc(O[Si](C(C)C)(C(C)C)C(C)C)nn1C. The van der Waals surface area contributed by atoms with Crippen LogP contribution >= 0.6 is 0 Å². The van der Waals surface area contributed by atoms with E-state index in [1.807, 2.05) is 0 Å². The molecule has 1 rings (SSSR count). The van der Waals surface area contributed by atoms with E-state index >= 15 is 0 Å². The normalized spacial score (nSPS) is 13.1. The number of hydrogen-bond donors (Lipinski definition) is 0. The molecule has 2 radical (unpaired) electrons. The van der Waals surface area contributed by atoms with Gasteiger partial charge in [0.15, 0.2) is 0 Å². The van der Waals surface area contributed by atoms with E-state index in [9.17, 15) is 0 Å². The van der Waals surface area contributed by atoms with Gasteiger partial charge in [0.05, 0.1) is 0 Å². The van der Waals surface area contributed by atoms with E-state index in [0.717, 1.165) is 5.88 Å². The van der Waals surface area contributed by atoms with Crippen LogP contribution in [0.15, 0.2) is 6.07 Å². The standard InChI is InChI=1S/C13H25N2OSi.C13H27.Sn/c1-10(2)17(11(3)4,12(5)6)16-13-8-9-15(7)14-13;1-4-7-10-13(11-8-5-2)12-9-6-3;/h8,10-12H,1-7H3;4-12H2,1-3H3;. The van der Waals surface area contributed by atoms with Crippen LogP contribution in [0.2, 0.25) is 20.1 Å². The van der Waals surface area contributed by atoms with Crippen molar-refractivity contribution in [3.05, 3.63) is 6.07 Å². The van der Waals surface area contributed by atoms with Crippen LogP contribution in [-0.4, -0.2) is 39.2 Å². The second-order valence-electron chi connectivity index (χ2n) is 10.6. The Morgan fingerprint density at radius 1 is 0.871 bits per heavy atom. The van der Waals surface area contributed by atoms with E-state index in [1.165, 1.54) is 61.5 Å². The summed E-state index contributed by atoms with van der Waals surface area (Å²) >= 11 is -0.804. The summed E-state index contributed by atoms with van der Waals surface area (Å²) in [5.74, 6) is 0.913. The molecule has 1 aromatic rings. The summed E-state index contributed by atoms with van der Waals surface area (Å²) in [6, 6.07) is 2.36. The zero-order valence-electron chi connectivity index (χ0n) is 22.5. The second-order valence-corrected chi connectivity index (χ2v) is 21.2. The molecule has 5 heteroatoms. The average molecular weight is 556 g/mol. The Balaban J connectivity index is 3.24. The number of unbranched alkanes of at least 4 members (excludes halogenated alkanes) is 3. The molecule has 0 spiro atoms. The average Bonchev–Trinajstić information content (AvgIpc) is 3.04. The van der Waals surface area contributed by atoms with Crippen LogP contribution in [0.4, 0.5) is 0 Å². The summed E-state index contributed by atoms with van der Waals surface area (Å²) in [6.45, 7) is 21.2. The Morgan fingerprint density at radius 3 is 1.65 bits per heavy atom. The molecule has 3 nitrogen and oxygen atoms in total. The molecule has 0 bridgehead atoms. The van der Waals surface area contributed by atoms with E-state index in [4.69, 9.17) is 9.52 Å². The first-order chi connectivity index (χ1) is 14.6. The van der Waals surface area contributed by atoms with Gasteiger partial charge in [-0.1, -0.05) is 0 Å². The third kappa shape index (κ3) is 7.79. The van der Waals surface area contributed by atoms with Crippen molar-refractivity contribution >= 4 is 33.2 Å². The van der Waals surface area contributed by atoms with Crippen molar-refractivity contribution in [2.24, 2.45) is 7.05 Å². The zero-order chi connectivity index (χ0) is 23.7. The zero-order valence-corrected chi connectivity index (χ0v) is 26.3. The van der Waals surface area contributed by atoms with Gasteiger partial charge in [-0.25, -0.2) is 0 Å². The van der Waals surface area contributed by atoms with Crippen LogP contribution in [0, 0.1) is 0 Å².